The fourth-order valence-corrected chi connectivity index (χ4v) is 3.40. The lowest BCUT2D eigenvalue weighted by molar-refractivity contribution is -0.118. The van der Waals surface area contributed by atoms with E-state index in [0.29, 0.717) is 17.9 Å². The normalized spacial score (nSPS) is 15.9. The number of rotatable bonds is 4. The zero-order chi connectivity index (χ0) is 18.8. The number of carbonyl (C=O) groups is 1. The quantitative estimate of drug-likeness (QED) is 0.766. The highest BCUT2D eigenvalue weighted by atomic mass is 19.1. The summed E-state index contributed by atoms with van der Waals surface area (Å²) in [4.78, 5) is 12.8. The molecule has 138 valence electrons. The van der Waals surface area contributed by atoms with E-state index in [1.807, 2.05) is 34.9 Å². The Hall–Kier alpha value is -3.22. The molecule has 2 heterocycles. The fraction of sp³-hybridized carbons (Fsp3) is 0.250. The molecule has 0 aliphatic carbocycles. The number of hydrogen-bond acceptors (Lipinski definition) is 4. The summed E-state index contributed by atoms with van der Waals surface area (Å²) < 4.78 is 20.8. The van der Waals surface area contributed by atoms with Crippen LogP contribution in [0.25, 0.3) is 11.4 Å². The zero-order valence-electron chi connectivity index (χ0n) is 14.9. The second kappa shape index (κ2) is 7.19. The van der Waals surface area contributed by atoms with Crippen molar-refractivity contribution < 1.29 is 13.9 Å². The van der Waals surface area contributed by atoms with Gasteiger partial charge in [-0.1, -0.05) is 30.3 Å². The molecular formula is C20H19FN4O2. The number of carbonyl (C=O) groups excluding carboxylic acids is 1. The number of nitrogens with zero attached hydrogens (tertiary/aromatic N) is 3. The Morgan fingerprint density at radius 1 is 1.22 bits per heavy atom. The Morgan fingerprint density at radius 3 is 2.78 bits per heavy atom. The van der Waals surface area contributed by atoms with Gasteiger partial charge in [0.15, 0.2) is 17.4 Å². The van der Waals surface area contributed by atoms with Crippen LogP contribution in [0.15, 0.2) is 48.5 Å². The van der Waals surface area contributed by atoms with Gasteiger partial charge in [0.1, 0.15) is 5.82 Å². The maximum atomic E-state index is 13.9. The van der Waals surface area contributed by atoms with Crippen LogP contribution in [0.3, 0.4) is 0 Å². The zero-order valence-corrected chi connectivity index (χ0v) is 14.9. The number of nitrogens with one attached hydrogen (secondary N) is 1. The highest BCUT2D eigenvalue weighted by Crippen LogP contribution is 2.31. The molecule has 1 aromatic heterocycles. The van der Waals surface area contributed by atoms with Crippen molar-refractivity contribution in [2.45, 2.75) is 25.3 Å². The minimum atomic E-state index is -0.520. The molecule has 0 saturated carbocycles. The SMILES string of the molecule is COc1ccc(NC(=O)C2CCCn3c(-c4ccccc4)nnc32)cc1F. The third kappa shape index (κ3) is 3.28. The van der Waals surface area contributed by atoms with E-state index in [0.717, 1.165) is 24.4 Å². The Labute approximate surface area is 156 Å². The molecule has 3 aromatic rings. The Morgan fingerprint density at radius 2 is 2.04 bits per heavy atom. The van der Waals surface area contributed by atoms with Crippen molar-refractivity contribution in [3.8, 4) is 17.1 Å². The Kier molecular flexibility index (Phi) is 4.58. The molecule has 1 atom stereocenters. The number of anilines is 1. The highest BCUT2D eigenvalue weighted by Gasteiger charge is 2.31. The molecule has 0 spiro atoms. The molecule has 1 aliphatic rings. The van der Waals surface area contributed by atoms with Gasteiger partial charge in [0.25, 0.3) is 0 Å². The second-order valence-electron chi connectivity index (χ2n) is 6.43. The summed E-state index contributed by atoms with van der Waals surface area (Å²) >= 11 is 0. The van der Waals surface area contributed by atoms with Gasteiger partial charge >= 0.3 is 0 Å². The number of amides is 1. The molecule has 1 unspecified atom stereocenters. The molecule has 1 aliphatic heterocycles. The predicted octanol–water partition coefficient (Wildman–Crippen LogP) is 3.61. The van der Waals surface area contributed by atoms with Gasteiger partial charge < -0.3 is 14.6 Å². The average molecular weight is 366 g/mol. The molecule has 27 heavy (non-hydrogen) atoms. The molecule has 4 rings (SSSR count). The smallest absolute Gasteiger partial charge is 0.235 e. The lowest BCUT2D eigenvalue weighted by Crippen LogP contribution is -2.27. The van der Waals surface area contributed by atoms with Crippen molar-refractivity contribution in [2.24, 2.45) is 0 Å². The maximum absolute atomic E-state index is 13.9. The van der Waals surface area contributed by atoms with Gasteiger partial charge in [0.2, 0.25) is 5.91 Å². The van der Waals surface area contributed by atoms with E-state index in [9.17, 15) is 9.18 Å². The lowest BCUT2D eigenvalue weighted by Gasteiger charge is -2.23. The van der Waals surface area contributed by atoms with Gasteiger partial charge in [-0.15, -0.1) is 10.2 Å². The summed E-state index contributed by atoms with van der Waals surface area (Å²) in [6, 6.07) is 14.1. The molecule has 0 saturated heterocycles. The van der Waals surface area contributed by atoms with Crippen LogP contribution in [0.2, 0.25) is 0 Å². The van der Waals surface area contributed by atoms with Gasteiger partial charge in [-0.2, -0.15) is 0 Å². The summed E-state index contributed by atoms with van der Waals surface area (Å²) in [6.45, 7) is 0.771. The van der Waals surface area contributed by atoms with E-state index in [4.69, 9.17) is 4.74 Å². The van der Waals surface area contributed by atoms with Gasteiger partial charge in [0, 0.05) is 23.9 Å². The van der Waals surface area contributed by atoms with E-state index in [2.05, 4.69) is 15.5 Å². The molecular weight excluding hydrogens is 347 g/mol. The lowest BCUT2D eigenvalue weighted by atomic mass is 9.97. The minimum absolute atomic E-state index is 0.137. The predicted molar refractivity (Wildman–Crippen MR) is 99.0 cm³/mol. The molecule has 6 nitrogen and oxygen atoms in total. The van der Waals surface area contributed by atoms with Crippen LogP contribution >= 0.6 is 0 Å². The second-order valence-corrected chi connectivity index (χ2v) is 6.43. The number of hydrogen-bond donors (Lipinski definition) is 1. The molecule has 1 N–H and O–H groups in total. The number of halogens is 1. The summed E-state index contributed by atoms with van der Waals surface area (Å²) in [5.41, 5.74) is 1.35. The van der Waals surface area contributed by atoms with Crippen LogP contribution in [0.5, 0.6) is 5.75 Å². The molecule has 0 bridgehead atoms. The van der Waals surface area contributed by atoms with Crippen molar-refractivity contribution in [1.82, 2.24) is 14.8 Å². The van der Waals surface area contributed by atoms with Crippen LogP contribution in [0.4, 0.5) is 10.1 Å². The topological polar surface area (TPSA) is 69.0 Å². The largest absolute Gasteiger partial charge is 0.494 e. The van der Waals surface area contributed by atoms with Crippen LogP contribution in [0.1, 0.15) is 24.6 Å². The number of fused-ring (bicyclic) bond motifs is 1. The minimum Gasteiger partial charge on any atom is -0.494 e. The third-order valence-electron chi connectivity index (χ3n) is 4.73. The number of benzene rings is 2. The first-order valence-corrected chi connectivity index (χ1v) is 8.80. The van der Waals surface area contributed by atoms with Crippen LogP contribution in [-0.4, -0.2) is 27.8 Å². The Bertz CT molecular complexity index is 971. The van der Waals surface area contributed by atoms with Crippen LogP contribution < -0.4 is 10.1 Å². The third-order valence-corrected chi connectivity index (χ3v) is 4.73. The number of aromatic nitrogens is 3. The van der Waals surface area contributed by atoms with Gasteiger partial charge in [0.05, 0.1) is 13.0 Å². The van der Waals surface area contributed by atoms with Crippen LogP contribution in [0, 0.1) is 5.82 Å². The van der Waals surface area contributed by atoms with Crippen molar-refractivity contribution >= 4 is 11.6 Å². The Balaban J connectivity index is 1.58. The van der Waals surface area contributed by atoms with Crippen molar-refractivity contribution in [3.63, 3.8) is 0 Å². The first-order chi connectivity index (χ1) is 13.2. The highest BCUT2D eigenvalue weighted by molar-refractivity contribution is 5.95. The summed E-state index contributed by atoms with van der Waals surface area (Å²) in [7, 11) is 1.40. The maximum Gasteiger partial charge on any atom is 0.235 e. The summed E-state index contributed by atoms with van der Waals surface area (Å²) in [5, 5.41) is 11.4. The van der Waals surface area contributed by atoms with Gasteiger partial charge in [-0.25, -0.2) is 4.39 Å². The fourth-order valence-electron chi connectivity index (χ4n) is 3.40. The van der Waals surface area contributed by atoms with E-state index >= 15 is 0 Å². The van der Waals surface area contributed by atoms with E-state index in [1.165, 1.54) is 19.2 Å². The van der Waals surface area contributed by atoms with E-state index in [-0.39, 0.29) is 11.7 Å². The van der Waals surface area contributed by atoms with E-state index < -0.39 is 11.7 Å². The molecule has 2 aromatic carbocycles. The number of ether oxygens (including phenoxy) is 1. The van der Waals surface area contributed by atoms with Gasteiger partial charge in [-0.3, -0.25) is 4.79 Å². The standard InChI is InChI=1S/C20H19FN4O2/c1-27-17-10-9-14(12-16(17)21)22-20(26)15-8-5-11-25-18(23-24-19(15)25)13-6-3-2-4-7-13/h2-4,6-7,9-10,12,15H,5,8,11H2,1H3,(H,22,26). The number of methoxy groups -OCH3 is 1. The molecule has 0 fully saturated rings. The molecule has 0 radical (unpaired) electrons. The van der Waals surface area contributed by atoms with Crippen LogP contribution in [-0.2, 0) is 11.3 Å². The molecule has 1 amide bonds. The average Bonchev–Trinajstić information content (AvgIpc) is 3.13. The monoisotopic (exact) mass is 366 g/mol. The first kappa shape index (κ1) is 17.2. The van der Waals surface area contributed by atoms with E-state index in [1.54, 1.807) is 6.07 Å². The first-order valence-electron chi connectivity index (χ1n) is 8.80. The van der Waals surface area contributed by atoms with Crippen molar-refractivity contribution in [1.29, 1.82) is 0 Å². The van der Waals surface area contributed by atoms with Gasteiger partial charge in [-0.05, 0) is 25.0 Å². The molecule has 7 heteroatoms. The van der Waals surface area contributed by atoms with Crippen molar-refractivity contribution in [2.75, 3.05) is 12.4 Å². The summed E-state index contributed by atoms with van der Waals surface area (Å²) in [6.07, 6.45) is 1.53. The van der Waals surface area contributed by atoms with Crippen molar-refractivity contribution in [3.05, 3.63) is 60.2 Å². The summed E-state index contributed by atoms with van der Waals surface area (Å²) in [5.74, 6) is 0.387.